The number of carbonyl (C=O) groups excluding carboxylic acids is 1. The van der Waals surface area contributed by atoms with Gasteiger partial charge < -0.3 is 10.0 Å². The molecule has 0 bridgehead atoms. The molecule has 1 aliphatic heterocycles. The number of likely N-dealkylation sites (N-methyl/N-ethyl adjacent to an activating group) is 1. The minimum absolute atomic E-state index is 0.116. The van der Waals surface area contributed by atoms with Gasteiger partial charge in [-0.1, -0.05) is 13.3 Å². The summed E-state index contributed by atoms with van der Waals surface area (Å²) in [6.45, 7) is 4.39. The highest BCUT2D eigenvalue weighted by molar-refractivity contribution is 7.07. The first-order valence-corrected chi connectivity index (χ1v) is 7.66. The summed E-state index contributed by atoms with van der Waals surface area (Å²) in [6, 6.07) is 2.04. The number of likely N-dealkylation sites (tertiary alicyclic amines) is 1. The molecule has 1 fully saturated rings. The van der Waals surface area contributed by atoms with Gasteiger partial charge in [-0.15, -0.1) is 0 Å². The minimum atomic E-state index is -0.555. The second kappa shape index (κ2) is 6.03. The monoisotopic (exact) mass is 282 g/mol. The number of aliphatic hydroxyl groups is 1. The van der Waals surface area contributed by atoms with Crippen LogP contribution < -0.4 is 0 Å². The van der Waals surface area contributed by atoms with Gasteiger partial charge in [0, 0.05) is 26.7 Å². The van der Waals surface area contributed by atoms with Gasteiger partial charge in [0.2, 0.25) is 5.91 Å². The Hall–Kier alpha value is -0.910. The van der Waals surface area contributed by atoms with Crippen LogP contribution in [0.25, 0.3) is 0 Å². The zero-order valence-corrected chi connectivity index (χ0v) is 12.4. The predicted molar refractivity (Wildman–Crippen MR) is 77.1 cm³/mol. The number of β-amino-alcohol motifs (C(OH)–C–C–N with tert-alkyl or cyclic N) is 1. The maximum absolute atomic E-state index is 12.0. The molecular weight excluding hydrogens is 260 g/mol. The number of rotatable bonds is 6. The Labute approximate surface area is 118 Å². The van der Waals surface area contributed by atoms with Crippen molar-refractivity contribution in [3.05, 3.63) is 22.4 Å². The standard InChI is InChI=1S/C14H22N2O2S/c1-3-5-14(18)10-16(11-14)8-13(17)15(2)7-12-4-6-19-9-12/h4,6,9,18H,3,5,7-8,10-11H2,1-2H3. The Balaban J connectivity index is 1.73. The van der Waals surface area contributed by atoms with Crippen LogP contribution in [0, 0.1) is 0 Å². The molecule has 1 amide bonds. The molecule has 0 saturated carbocycles. The van der Waals surface area contributed by atoms with Crippen LogP contribution in [0.2, 0.25) is 0 Å². The molecule has 4 nitrogen and oxygen atoms in total. The van der Waals surface area contributed by atoms with Crippen molar-refractivity contribution in [1.29, 1.82) is 0 Å². The molecule has 0 unspecified atom stereocenters. The number of hydrogen-bond acceptors (Lipinski definition) is 4. The number of thiophene rings is 1. The highest BCUT2D eigenvalue weighted by Gasteiger charge is 2.40. The fraction of sp³-hybridized carbons (Fsp3) is 0.643. The van der Waals surface area contributed by atoms with E-state index in [1.807, 2.05) is 23.4 Å². The highest BCUT2D eigenvalue weighted by Crippen LogP contribution is 2.25. The Bertz CT molecular complexity index is 413. The fourth-order valence-corrected chi connectivity index (χ4v) is 3.24. The molecule has 0 radical (unpaired) electrons. The minimum Gasteiger partial charge on any atom is -0.387 e. The molecule has 0 atom stereocenters. The summed E-state index contributed by atoms with van der Waals surface area (Å²) >= 11 is 1.65. The first-order valence-electron chi connectivity index (χ1n) is 6.72. The van der Waals surface area contributed by atoms with E-state index in [1.165, 1.54) is 5.56 Å². The van der Waals surface area contributed by atoms with Gasteiger partial charge in [0.25, 0.3) is 0 Å². The molecule has 1 saturated heterocycles. The van der Waals surface area contributed by atoms with E-state index in [2.05, 4.69) is 12.3 Å². The molecule has 1 aromatic heterocycles. The molecule has 2 heterocycles. The molecular formula is C14H22N2O2S. The maximum atomic E-state index is 12.0. The van der Waals surface area contributed by atoms with Gasteiger partial charge >= 0.3 is 0 Å². The van der Waals surface area contributed by atoms with Crippen LogP contribution in [-0.4, -0.2) is 53.1 Å². The van der Waals surface area contributed by atoms with E-state index in [1.54, 1.807) is 16.2 Å². The zero-order chi connectivity index (χ0) is 13.9. The first kappa shape index (κ1) is 14.5. The molecule has 0 aliphatic carbocycles. The van der Waals surface area contributed by atoms with Crippen LogP contribution in [0.5, 0.6) is 0 Å². The molecule has 5 heteroatoms. The van der Waals surface area contributed by atoms with Gasteiger partial charge in [0.1, 0.15) is 0 Å². The quantitative estimate of drug-likeness (QED) is 0.861. The number of nitrogens with zero attached hydrogens (tertiary/aromatic N) is 2. The van der Waals surface area contributed by atoms with E-state index in [0.29, 0.717) is 26.2 Å². The second-order valence-electron chi connectivity index (χ2n) is 5.50. The van der Waals surface area contributed by atoms with Crippen molar-refractivity contribution in [2.75, 3.05) is 26.7 Å². The maximum Gasteiger partial charge on any atom is 0.236 e. The lowest BCUT2D eigenvalue weighted by atomic mass is 9.89. The zero-order valence-electron chi connectivity index (χ0n) is 11.6. The predicted octanol–water partition coefficient (Wildman–Crippen LogP) is 1.55. The number of carbonyl (C=O) groups is 1. The SMILES string of the molecule is CCCC1(O)CN(CC(=O)N(C)Cc2ccsc2)C1. The van der Waals surface area contributed by atoms with E-state index in [4.69, 9.17) is 0 Å². The highest BCUT2D eigenvalue weighted by atomic mass is 32.1. The van der Waals surface area contributed by atoms with E-state index in [-0.39, 0.29) is 5.91 Å². The van der Waals surface area contributed by atoms with Crippen LogP contribution in [0.4, 0.5) is 0 Å². The van der Waals surface area contributed by atoms with Gasteiger partial charge in [-0.25, -0.2) is 0 Å². The van der Waals surface area contributed by atoms with Gasteiger partial charge in [-0.3, -0.25) is 9.69 Å². The summed E-state index contributed by atoms with van der Waals surface area (Å²) < 4.78 is 0. The van der Waals surface area contributed by atoms with Crippen LogP contribution in [-0.2, 0) is 11.3 Å². The van der Waals surface area contributed by atoms with Crippen molar-refractivity contribution in [3.8, 4) is 0 Å². The van der Waals surface area contributed by atoms with E-state index in [9.17, 15) is 9.90 Å². The summed E-state index contributed by atoms with van der Waals surface area (Å²) in [5.74, 6) is 0.116. The summed E-state index contributed by atoms with van der Waals surface area (Å²) in [4.78, 5) is 15.8. The smallest absolute Gasteiger partial charge is 0.236 e. The molecule has 1 aliphatic rings. The normalized spacial score (nSPS) is 18.1. The third-order valence-electron chi connectivity index (χ3n) is 3.54. The van der Waals surface area contributed by atoms with Crippen molar-refractivity contribution in [2.24, 2.45) is 0 Å². The Morgan fingerprint density at radius 1 is 1.58 bits per heavy atom. The average Bonchev–Trinajstić information content (AvgIpc) is 2.80. The topological polar surface area (TPSA) is 43.8 Å². The lowest BCUT2D eigenvalue weighted by Gasteiger charge is -2.46. The van der Waals surface area contributed by atoms with Crippen molar-refractivity contribution in [1.82, 2.24) is 9.80 Å². The molecule has 1 N–H and O–H groups in total. The third kappa shape index (κ3) is 3.78. The van der Waals surface area contributed by atoms with E-state index >= 15 is 0 Å². The van der Waals surface area contributed by atoms with Gasteiger partial charge in [-0.05, 0) is 28.8 Å². The van der Waals surface area contributed by atoms with Crippen LogP contribution in [0.1, 0.15) is 25.3 Å². The van der Waals surface area contributed by atoms with E-state index in [0.717, 1.165) is 12.8 Å². The van der Waals surface area contributed by atoms with Crippen molar-refractivity contribution in [2.45, 2.75) is 31.9 Å². The molecule has 2 rings (SSSR count). The fourth-order valence-electron chi connectivity index (χ4n) is 2.58. The summed E-state index contributed by atoms with van der Waals surface area (Å²) in [6.07, 6.45) is 1.80. The number of amides is 1. The van der Waals surface area contributed by atoms with Crippen molar-refractivity contribution < 1.29 is 9.90 Å². The lowest BCUT2D eigenvalue weighted by molar-refractivity contribution is -0.141. The summed E-state index contributed by atoms with van der Waals surface area (Å²) in [5, 5.41) is 14.2. The number of hydrogen-bond donors (Lipinski definition) is 1. The van der Waals surface area contributed by atoms with Crippen molar-refractivity contribution in [3.63, 3.8) is 0 Å². The molecule has 1 aromatic rings. The first-order chi connectivity index (χ1) is 9.02. The van der Waals surface area contributed by atoms with Gasteiger partial charge in [0.05, 0.1) is 12.1 Å². The van der Waals surface area contributed by atoms with Crippen LogP contribution in [0.3, 0.4) is 0 Å². The molecule has 19 heavy (non-hydrogen) atoms. The van der Waals surface area contributed by atoms with Gasteiger partial charge in [-0.2, -0.15) is 11.3 Å². The summed E-state index contributed by atoms with van der Waals surface area (Å²) in [5.41, 5.74) is 0.618. The largest absolute Gasteiger partial charge is 0.387 e. The van der Waals surface area contributed by atoms with Crippen molar-refractivity contribution >= 4 is 17.2 Å². The Morgan fingerprint density at radius 3 is 2.89 bits per heavy atom. The second-order valence-corrected chi connectivity index (χ2v) is 6.28. The Kier molecular flexibility index (Phi) is 4.60. The third-order valence-corrected chi connectivity index (χ3v) is 4.27. The summed E-state index contributed by atoms with van der Waals surface area (Å²) in [7, 11) is 1.83. The average molecular weight is 282 g/mol. The molecule has 106 valence electrons. The Morgan fingerprint density at radius 2 is 2.32 bits per heavy atom. The molecule has 0 spiro atoms. The molecule has 0 aromatic carbocycles. The van der Waals surface area contributed by atoms with Crippen LogP contribution in [0.15, 0.2) is 16.8 Å². The van der Waals surface area contributed by atoms with Crippen LogP contribution >= 0.6 is 11.3 Å². The van der Waals surface area contributed by atoms with E-state index < -0.39 is 5.60 Å². The lowest BCUT2D eigenvalue weighted by Crippen LogP contribution is -2.63. The van der Waals surface area contributed by atoms with Gasteiger partial charge in [0.15, 0.2) is 0 Å².